The summed E-state index contributed by atoms with van der Waals surface area (Å²) in [6.45, 7) is 7.44. The van der Waals surface area contributed by atoms with Crippen LogP contribution in [0.25, 0.3) is 0 Å². The summed E-state index contributed by atoms with van der Waals surface area (Å²) in [5.74, 6) is 1.96. The Labute approximate surface area is 169 Å². The first kappa shape index (κ1) is 22.0. The Hall–Kier alpha value is -2.28. The van der Waals surface area contributed by atoms with Crippen molar-refractivity contribution in [3.8, 4) is 5.75 Å². The van der Waals surface area contributed by atoms with Gasteiger partial charge >= 0.3 is 0 Å². The van der Waals surface area contributed by atoms with Crippen molar-refractivity contribution in [3.05, 3.63) is 29.8 Å². The van der Waals surface area contributed by atoms with Crippen molar-refractivity contribution in [2.24, 2.45) is 4.99 Å². The number of guanidine groups is 1. The fraction of sp³-hybridized carbons (Fsp3) is 0.619. The predicted molar refractivity (Wildman–Crippen MR) is 114 cm³/mol. The van der Waals surface area contributed by atoms with Crippen LogP contribution in [0.5, 0.6) is 5.75 Å². The van der Waals surface area contributed by atoms with Crippen LogP contribution < -0.4 is 15.4 Å². The van der Waals surface area contributed by atoms with Crippen LogP contribution in [0.3, 0.4) is 0 Å². The molecule has 0 aromatic heterocycles. The van der Waals surface area contributed by atoms with Gasteiger partial charge in [0.25, 0.3) is 0 Å². The molecule has 156 valence electrons. The molecule has 7 heteroatoms. The van der Waals surface area contributed by atoms with Gasteiger partial charge in [-0.2, -0.15) is 0 Å². The maximum absolute atomic E-state index is 11.7. The molecule has 0 aliphatic carbocycles. The van der Waals surface area contributed by atoms with Gasteiger partial charge in [-0.25, -0.2) is 4.99 Å². The number of hydrogen-bond donors (Lipinski definition) is 2. The molecule has 1 fully saturated rings. The molecule has 1 amide bonds. The van der Waals surface area contributed by atoms with E-state index >= 15 is 0 Å². The van der Waals surface area contributed by atoms with Crippen LogP contribution in [0.2, 0.25) is 0 Å². The molecule has 2 rings (SSSR count). The molecule has 0 unspecified atom stereocenters. The summed E-state index contributed by atoms with van der Waals surface area (Å²) in [5, 5.41) is 6.64. The van der Waals surface area contributed by atoms with Crippen molar-refractivity contribution in [1.29, 1.82) is 0 Å². The number of para-hydroxylation sites is 1. The summed E-state index contributed by atoms with van der Waals surface area (Å²) < 4.78 is 5.92. The number of benzene rings is 1. The van der Waals surface area contributed by atoms with Gasteiger partial charge in [-0.15, -0.1) is 0 Å². The van der Waals surface area contributed by atoms with Crippen LogP contribution in [0.15, 0.2) is 29.3 Å². The molecular weight excluding hydrogens is 354 g/mol. The summed E-state index contributed by atoms with van der Waals surface area (Å²) >= 11 is 0. The summed E-state index contributed by atoms with van der Waals surface area (Å²) in [6, 6.07) is 8.04. The third-order valence-corrected chi connectivity index (χ3v) is 4.59. The highest BCUT2D eigenvalue weighted by Crippen LogP contribution is 2.18. The first-order valence-electron chi connectivity index (χ1n) is 10.3. The molecule has 0 bridgehead atoms. The molecule has 1 aromatic carbocycles. The number of amides is 1. The highest BCUT2D eigenvalue weighted by Gasteiger charge is 2.18. The Morgan fingerprint density at radius 2 is 2.11 bits per heavy atom. The summed E-state index contributed by atoms with van der Waals surface area (Å²) in [6.07, 6.45) is 2.61. The van der Waals surface area contributed by atoms with Crippen molar-refractivity contribution < 1.29 is 9.53 Å². The van der Waals surface area contributed by atoms with Crippen LogP contribution in [-0.4, -0.2) is 75.1 Å². The van der Waals surface area contributed by atoms with Gasteiger partial charge in [0.15, 0.2) is 5.96 Å². The Morgan fingerprint density at radius 3 is 2.82 bits per heavy atom. The summed E-state index contributed by atoms with van der Waals surface area (Å²) in [5.41, 5.74) is 1.07. The number of aliphatic imine (C=N–C) groups is 1. The first-order valence-corrected chi connectivity index (χ1v) is 10.3. The number of hydrogen-bond acceptors (Lipinski definition) is 4. The molecule has 0 saturated carbocycles. The number of nitrogens with one attached hydrogen (secondary N) is 2. The van der Waals surface area contributed by atoms with E-state index in [1.165, 1.54) is 0 Å². The molecule has 1 aromatic rings. The van der Waals surface area contributed by atoms with Gasteiger partial charge < -0.3 is 25.2 Å². The lowest BCUT2D eigenvalue weighted by Gasteiger charge is -2.17. The minimum atomic E-state index is 0.284. The Kier molecular flexibility index (Phi) is 9.62. The van der Waals surface area contributed by atoms with E-state index < -0.39 is 0 Å². The Balaban J connectivity index is 1.83. The van der Waals surface area contributed by atoms with Crippen molar-refractivity contribution >= 4 is 11.9 Å². The number of likely N-dealkylation sites (tertiary alicyclic amines) is 1. The average Bonchev–Trinajstić information content (AvgIpc) is 3.08. The third-order valence-electron chi connectivity index (χ3n) is 4.59. The molecule has 1 heterocycles. The number of nitrogens with zero attached hydrogens (tertiary/aromatic N) is 3. The standard InChI is InChI=1S/C21H35N5O2/c1-4-22-21(23-12-8-14-26-13-7-11-20(26)27)24-17-18-9-5-6-10-19(18)28-16-15-25(2)3/h5-6,9-10H,4,7-8,11-17H2,1-3H3,(H2,22,23,24). The molecular formula is C21H35N5O2. The summed E-state index contributed by atoms with van der Waals surface area (Å²) in [7, 11) is 4.07. The Bertz CT molecular complexity index is 633. The zero-order valence-corrected chi connectivity index (χ0v) is 17.5. The number of carbonyl (C=O) groups excluding carboxylic acids is 1. The number of ether oxygens (including phenoxy) is 1. The van der Waals surface area contributed by atoms with Gasteiger partial charge in [0.1, 0.15) is 12.4 Å². The second-order valence-electron chi connectivity index (χ2n) is 7.22. The molecule has 28 heavy (non-hydrogen) atoms. The van der Waals surface area contributed by atoms with Crippen molar-refractivity contribution in [2.75, 3.05) is 53.4 Å². The molecule has 0 spiro atoms. The van der Waals surface area contributed by atoms with Crippen LogP contribution in [0, 0.1) is 0 Å². The van der Waals surface area contributed by atoms with E-state index in [1.54, 1.807) is 0 Å². The minimum absolute atomic E-state index is 0.284. The molecule has 1 saturated heterocycles. The largest absolute Gasteiger partial charge is 0.492 e. The van der Waals surface area contributed by atoms with E-state index in [4.69, 9.17) is 9.73 Å². The second kappa shape index (κ2) is 12.2. The van der Waals surface area contributed by atoms with Gasteiger partial charge in [-0.1, -0.05) is 18.2 Å². The van der Waals surface area contributed by atoms with E-state index in [9.17, 15) is 4.79 Å². The first-order chi connectivity index (χ1) is 13.6. The highest BCUT2D eigenvalue weighted by molar-refractivity contribution is 5.80. The van der Waals surface area contributed by atoms with Crippen LogP contribution in [-0.2, 0) is 11.3 Å². The molecule has 2 N–H and O–H groups in total. The fourth-order valence-corrected chi connectivity index (χ4v) is 3.04. The maximum Gasteiger partial charge on any atom is 0.222 e. The number of rotatable bonds is 11. The van der Waals surface area contributed by atoms with E-state index in [-0.39, 0.29) is 5.91 Å². The molecule has 0 atom stereocenters. The lowest BCUT2D eigenvalue weighted by molar-refractivity contribution is -0.127. The monoisotopic (exact) mass is 389 g/mol. The van der Waals surface area contributed by atoms with Gasteiger partial charge in [-0.05, 0) is 39.9 Å². The van der Waals surface area contributed by atoms with Crippen molar-refractivity contribution in [2.45, 2.75) is 32.7 Å². The van der Waals surface area contributed by atoms with Crippen molar-refractivity contribution in [3.63, 3.8) is 0 Å². The second-order valence-corrected chi connectivity index (χ2v) is 7.22. The highest BCUT2D eigenvalue weighted by atomic mass is 16.5. The molecule has 7 nitrogen and oxygen atoms in total. The van der Waals surface area contributed by atoms with Crippen LogP contribution >= 0.6 is 0 Å². The van der Waals surface area contributed by atoms with Crippen LogP contribution in [0.1, 0.15) is 31.7 Å². The third kappa shape index (κ3) is 7.76. The van der Waals surface area contributed by atoms with E-state index in [0.717, 1.165) is 62.8 Å². The van der Waals surface area contributed by atoms with E-state index in [2.05, 4.69) is 28.5 Å². The number of carbonyl (C=O) groups is 1. The van der Waals surface area contributed by atoms with Gasteiger partial charge in [0.05, 0.1) is 6.54 Å². The van der Waals surface area contributed by atoms with Gasteiger partial charge in [-0.3, -0.25) is 4.79 Å². The fourth-order valence-electron chi connectivity index (χ4n) is 3.04. The zero-order valence-electron chi connectivity index (χ0n) is 17.5. The number of likely N-dealkylation sites (N-methyl/N-ethyl adjacent to an activating group) is 1. The van der Waals surface area contributed by atoms with Crippen molar-refractivity contribution in [1.82, 2.24) is 20.4 Å². The minimum Gasteiger partial charge on any atom is -0.492 e. The topological polar surface area (TPSA) is 69.2 Å². The summed E-state index contributed by atoms with van der Waals surface area (Å²) in [4.78, 5) is 20.4. The average molecular weight is 390 g/mol. The van der Waals surface area contributed by atoms with E-state index in [0.29, 0.717) is 19.6 Å². The van der Waals surface area contributed by atoms with Gasteiger partial charge in [0.2, 0.25) is 5.91 Å². The quantitative estimate of drug-likeness (QED) is 0.342. The molecule has 1 aliphatic rings. The van der Waals surface area contributed by atoms with Gasteiger partial charge in [0, 0.05) is 44.7 Å². The normalized spacial score (nSPS) is 14.6. The smallest absolute Gasteiger partial charge is 0.222 e. The SMILES string of the molecule is CCNC(=NCc1ccccc1OCCN(C)C)NCCCN1CCCC1=O. The maximum atomic E-state index is 11.7. The zero-order chi connectivity index (χ0) is 20.2. The molecule has 1 aliphatic heterocycles. The lowest BCUT2D eigenvalue weighted by atomic mass is 10.2. The Morgan fingerprint density at radius 1 is 1.29 bits per heavy atom. The van der Waals surface area contributed by atoms with Crippen LogP contribution in [0.4, 0.5) is 0 Å². The lowest BCUT2D eigenvalue weighted by Crippen LogP contribution is -2.39. The molecule has 0 radical (unpaired) electrons. The predicted octanol–water partition coefficient (Wildman–Crippen LogP) is 1.69. The van der Waals surface area contributed by atoms with E-state index in [1.807, 2.05) is 37.2 Å².